The topological polar surface area (TPSA) is 280 Å². The largest absolute Gasteiger partial charge is 0.464 e. The van der Waals surface area contributed by atoms with E-state index in [1.807, 2.05) is 72.8 Å². The lowest BCUT2D eigenvalue weighted by Crippen LogP contribution is -2.44. The summed E-state index contributed by atoms with van der Waals surface area (Å²) < 4.78 is 29.0. The molecule has 69 heavy (non-hydrogen) atoms. The molecule has 0 saturated carbocycles. The van der Waals surface area contributed by atoms with Crippen LogP contribution >= 0.6 is 47.0 Å². The second-order valence-electron chi connectivity index (χ2n) is 14.1. The number of hydrogen-bond donors (Lipinski definition) is 0. The Bertz CT molecular complexity index is 2530. The van der Waals surface area contributed by atoms with E-state index in [1.165, 1.54) is 18.7 Å². The summed E-state index contributed by atoms with van der Waals surface area (Å²) in [7, 11) is 0. The first-order valence-corrected chi connectivity index (χ1v) is 24.3. The molecule has 0 saturated heterocycles. The molecule has 0 bridgehead atoms. The molecule has 24 nitrogen and oxygen atoms in total. The number of carbonyl (C=O) groups is 4. The number of para-hydroxylation sites is 4. The van der Waals surface area contributed by atoms with Crippen LogP contribution in [0.3, 0.4) is 0 Å². The average molecular weight is 1010 g/mol. The number of carbonyl (C=O) groups excluding carboxylic acids is 4. The molecule has 0 atom stereocenters. The van der Waals surface area contributed by atoms with Crippen molar-refractivity contribution in [1.82, 2.24) is 80.8 Å². The molecule has 0 fully saturated rings. The van der Waals surface area contributed by atoms with E-state index in [0.29, 0.717) is 43.4 Å². The molecule has 0 aliphatic rings. The van der Waals surface area contributed by atoms with E-state index in [9.17, 15) is 19.2 Å². The highest BCUT2D eigenvalue weighted by Gasteiger charge is 2.38. The number of thioether (sulfide) groups is 4. The minimum Gasteiger partial charge on any atom is -0.464 e. The fourth-order valence-electron chi connectivity index (χ4n) is 5.85. The van der Waals surface area contributed by atoms with E-state index in [2.05, 4.69) is 62.1 Å². The number of ether oxygens (including phenoxy) is 4. The Hall–Kier alpha value is -7.56. The zero-order chi connectivity index (χ0) is 47.7. The van der Waals surface area contributed by atoms with Gasteiger partial charge in [0, 0.05) is 0 Å². The van der Waals surface area contributed by atoms with Gasteiger partial charge in [-0.05, 0) is 90.2 Å². The van der Waals surface area contributed by atoms with Crippen LogP contribution in [0.2, 0.25) is 0 Å². The van der Waals surface area contributed by atoms with E-state index < -0.39 is 55.7 Å². The highest BCUT2D eigenvalue weighted by atomic mass is 32.2. The third kappa shape index (κ3) is 13.3. The van der Waals surface area contributed by atoms with Crippen LogP contribution in [0.25, 0.3) is 22.7 Å². The van der Waals surface area contributed by atoms with Gasteiger partial charge in [-0.15, -0.1) is 20.4 Å². The fourth-order valence-corrected chi connectivity index (χ4v) is 8.60. The maximum Gasteiger partial charge on any atom is 0.316 e. The first-order chi connectivity index (χ1) is 33.8. The third-order valence-corrected chi connectivity index (χ3v) is 12.8. The minimum absolute atomic E-state index is 0.255. The molecule has 0 aliphatic carbocycles. The molecule has 8 rings (SSSR count). The number of nitrogens with zero attached hydrogens (tertiary/aromatic N) is 16. The van der Waals surface area contributed by atoms with E-state index >= 15 is 0 Å². The van der Waals surface area contributed by atoms with Gasteiger partial charge in [-0.25, -0.2) is 0 Å². The van der Waals surface area contributed by atoms with E-state index in [4.69, 9.17) is 18.9 Å². The molecule has 0 radical (unpaired) electrons. The number of aromatic nitrogens is 16. The number of tetrazole rings is 4. The third-order valence-electron chi connectivity index (χ3n) is 9.20. The molecule has 28 heteroatoms. The van der Waals surface area contributed by atoms with Crippen molar-refractivity contribution in [2.24, 2.45) is 5.41 Å². The van der Waals surface area contributed by atoms with Crippen LogP contribution < -0.4 is 0 Å². The first kappa shape index (κ1) is 47.9. The smallest absolute Gasteiger partial charge is 0.316 e. The fraction of sp³-hybridized carbons (Fsp3) is 0.220. The lowest BCUT2D eigenvalue weighted by Gasteiger charge is -2.31. The van der Waals surface area contributed by atoms with Gasteiger partial charge in [0.15, 0.2) is 0 Å². The van der Waals surface area contributed by atoms with Crippen molar-refractivity contribution in [2.75, 3.05) is 49.4 Å². The van der Waals surface area contributed by atoms with Gasteiger partial charge in [0.1, 0.15) is 31.8 Å². The van der Waals surface area contributed by atoms with Crippen molar-refractivity contribution in [3.63, 3.8) is 0 Å². The maximum absolute atomic E-state index is 13.5. The summed E-state index contributed by atoms with van der Waals surface area (Å²) in [6.07, 6.45) is 0. The Morgan fingerprint density at radius 3 is 0.797 bits per heavy atom. The molecule has 4 aromatic carbocycles. The zero-order valence-corrected chi connectivity index (χ0v) is 39.0. The van der Waals surface area contributed by atoms with E-state index in [1.54, 1.807) is 48.5 Å². The van der Waals surface area contributed by atoms with Gasteiger partial charge in [-0.3, -0.25) is 19.2 Å². The van der Waals surface area contributed by atoms with Crippen molar-refractivity contribution in [3.05, 3.63) is 121 Å². The summed E-state index contributed by atoms with van der Waals surface area (Å²) in [5.41, 5.74) is 1.03. The van der Waals surface area contributed by atoms with Crippen LogP contribution in [0.4, 0.5) is 0 Å². The SMILES string of the molecule is O=C(CSc1nnnn1-c1ccccc1)OCC(COC(=O)CSc1nnnn1-c1ccccc1)(COC(=O)CSc1nnnn1-c1ccccc1)COC(=O)CSc1nnnn1-c1ccccc1. The van der Waals surface area contributed by atoms with Gasteiger partial charge in [0.25, 0.3) is 0 Å². The summed E-state index contributed by atoms with van der Waals surface area (Å²) in [5.74, 6) is -3.94. The molecule has 352 valence electrons. The van der Waals surface area contributed by atoms with Crippen molar-refractivity contribution in [2.45, 2.75) is 20.6 Å². The second-order valence-corrected chi connectivity index (χ2v) is 17.9. The molecular weight excluding hydrogens is 973 g/mol. The minimum atomic E-state index is -1.64. The Balaban J connectivity index is 0.981. The monoisotopic (exact) mass is 1010 g/mol. The Labute approximate surface area is 407 Å². The highest BCUT2D eigenvalue weighted by molar-refractivity contribution is 8.00. The first-order valence-electron chi connectivity index (χ1n) is 20.3. The molecule has 0 unspecified atom stereocenters. The Morgan fingerprint density at radius 2 is 0.580 bits per heavy atom. The quantitative estimate of drug-likeness (QED) is 0.0477. The lowest BCUT2D eigenvalue weighted by atomic mass is 9.92. The molecule has 4 aromatic heterocycles. The van der Waals surface area contributed by atoms with Crippen molar-refractivity contribution in [1.29, 1.82) is 0 Å². The number of hydrogen-bond acceptors (Lipinski definition) is 24. The molecular formula is C41H36N16O8S4. The number of benzene rings is 4. The van der Waals surface area contributed by atoms with Gasteiger partial charge in [0.2, 0.25) is 20.6 Å². The van der Waals surface area contributed by atoms with Crippen molar-refractivity contribution in [3.8, 4) is 22.7 Å². The second kappa shape index (κ2) is 23.9. The van der Waals surface area contributed by atoms with Gasteiger partial charge in [-0.1, -0.05) is 120 Å². The van der Waals surface area contributed by atoms with Crippen LogP contribution in [0.15, 0.2) is 142 Å². The zero-order valence-electron chi connectivity index (χ0n) is 35.8. The van der Waals surface area contributed by atoms with Crippen molar-refractivity contribution < 1.29 is 38.1 Å². The predicted molar refractivity (Wildman–Crippen MR) is 246 cm³/mol. The molecule has 8 aromatic rings. The Morgan fingerprint density at radius 1 is 0.362 bits per heavy atom. The summed E-state index contributed by atoms with van der Waals surface area (Å²) >= 11 is 4.04. The van der Waals surface area contributed by atoms with Crippen LogP contribution in [0, 0.1) is 5.41 Å². The molecule has 0 spiro atoms. The van der Waals surface area contributed by atoms with E-state index in [-0.39, 0.29) is 23.0 Å². The van der Waals surface area contributed by atoms with Crippen LogP contribution in [-0.4, -0.2) is 154 Å². The number of esters is 4. The highest BCUT2D eigenvalue weighted by Crippen LogP contribution is 2.27. The molecule has 4 heterocycles. The standard InChI is InChI=1S/C41H36N16O8S4/c58-33(21-66-37-42-46-50-54(37)29-13-5-1-6-14-29)62-25-41(26-63-34(59)22-67-38-43-47-51-55(38)30-15-7-2-8-16-30,27-64-35(60)23-68-39-44-48-52-56(39)31-17-9-3-10-18-31)28-65-36(61)24-69-40-45-49-53-57(40)32-19-11-4-12-20-32/h1-20H,21-28H2. The normalized spacial score (nSPS) is 11.2. The van der Waals surface area contributed by atoms with Gasteiger partial charge in [-0.2, -0.15) is 18.7 Å². The molecule has 0 amide bonds. The summed E-state index contributed by atoms with van der Waals surface area (Å²) in [6, 6.07) is 36.3. The maximum atomic E-state index is 13.5. The Kier molecular flexibility index (Phi) is 16.6. The van der Waals surface area contributed by atoms with Crippen LogP contribution in [0.5, 0.6) is 0 Å². The van der Waals surface area contributed by atoms with Gasteiger partial charge >= 0.3 is 23.9 Å². The summed E-state index contributed by atoms with van der Waals surface area (Å²) in [6.45, 7) is -2.16. The lowest BCUT2D eigenvalue weighted by molar-refractivity contribution is -0.167. The molecule has 0 N–H and O–H groups in total. The summed E-state index contributed by atoms with van der Waals surface area (Å²) in [4.78, 5) is 53.9. The van der Waals surface area contributed by atoms with Gasteiger partial charge < -0.3 is 18.9 Å². The van der Waals surface area contributed by atoms with Crippen LogP contribution in [-0.2, 0) is 38.1 Å². The predicted octanol–water partition coefficient (Wildman–Crippen LogP) is 3.22. The molecule has 0 aliphatic heterocycles. The van der Waals surface area contributed by atoms with Gasteiger partial charge in [0.05, 0.1) is 45.8 Å². The average Bonchev–Trinajstić information content (AvgIpc) is 4.25. The van der Waals surface area contributed by atoms with Crippen molar-refractivity contribution >= 4 is 70.9 Å². The summed E-state index contributed by atoms with van der Waals surface area (Å²) in [5, 5.41) is 48.4. The van der Waals surface area contributed by atoms with Crippen LogP contribution in [0.1, 0.15) is 0 Å². The van der Waals surface area contributed by atoms with E-state index in [0.717, 1.165) is 47.0 Å². The number of rotatable bonds is 24.